The fourth-order valence-electron chi connectivity index (χ4n) is 9.54. The molecule has 11 aromatic rings. The first-order chi connectivity index (χ1) is 59.4. The Morgan fingerprint density at radius 2 is 0.582 bits per heavy atom. The van der Waals surface area contributed by atoms with Crippen LogP contribution in [-0.4, -0.2) is 178 Å². The molecular formula is C78H62Cl6F4N16O18. The number of hydrogen-bond acceptors (Lipinski definition) is 34. The standard InChI is InChI=1S/C21H16ClFN4O5.C21H16ClFN4O4.C15H12ClFN4O4.C11H12N2O4.C6H5ClO.C4HCl2FN2/c1-28-26-18(21-27-30-11-10-29-21)13-6-2-4-8-15(13)31-19-17(23)20(25-12-24-19)32-16-9-5-3-7-14(16)22;1-24-18(21-27-29-11-10-28-21)13-6-2-4-8-15(13)30-19-17(23)20(26-12-25-19)31-16-9-5-3-7-14(16)22;1-22-20-12(15-21-24-7-6-23-15)9-4-2-3-5-10(9)25-14-11(17)13(16)18-8-19-14;1-15-12-10(11-13-17-7-6-16-11)8-4-2-3-5-9(8)14;7-5-3-1-2-4-6(5)8;5-3-2(7)4(6)9-1-8-3/h2-9,12H,10-11H2,1H3;2-9,12H,10-11H2,1H3;2-5,8H,6-7H2,1H3;2-5,14H,6-7H2,1H3;1-4,8H;1H/b26-18-;;20-12-;12-10-;;. The van der Waals surface area contributed by atoms with Gasteiger partial charge in [0.25, 0.3) is 53.0 Å². The number of phenolic OH excluding ortho intramolecular Hbond substituents is 2. The molecule has 34 nitrogen and oxygen atoms in total. The van der Waals surface area contributed by atoms with Gasteiger partial charge in [0.2, 0.25) is 17.5 Å². The maximum Gasteiger partial charge on any atom is 0.280 e. The van der Waals surface area contributed by atoms with Crippen LogP contribution in [0.25, 0.3) is 0 Å². The van der Waals surface area contributed by atoms with Gasteiger partial charge < -0.3 is 86.7 Å². The first-order valence-corrected chi connectivity index (χ1v) is 37.2. The summed E-state index contributed by atoms with van der Waals surface area (Å²) in [7, 11) is 5.73. The number of rotatable bonds is 21. The number of phenols is 2. The van der Waals surface area contributed by atoms with Gasteiger partial charge in [-0.05, 0) is 106 Å². The van der Waals surface area contributed by atoms with Crippen molar-refractivity contribution in [2.45, 2.75) is 0 Å². The maximum absolute atomic E-state index is 15.1. The second-order valence-electron chi connectivity index (χ2n) is 22.7. The number of para-hydroxylation sites is 7. The Kier molecular flexibility index (Phi) is 34.8. The van der Waals surface area contributed by atoms with Crippen molar-refractivity contribution in [1.82, 2.24) is 39.9 Å². The average Bonchev–Trinajstić information content (AvgIpc) is 0.998. The van der Waals surface area contributed by atoms with E-state index in [2.05, 4.69) is 81.0 Å². The summed E-state index contributed by atoms with van der Waals surface area (Å²) in [5.74, 6) is -3.12. The highest BCUT2D eigenvalue weighted by atomic mass is 35.5. The number of ether oxygens (including phenoxy) is 9. The van der Waals surface area contributed by atoms with E-state index in [1.165, 1.54) is 21.3 Å². The van der Waals surface area contributed by atoms with Crippen molar-refractivity contribution in [2.24, 2.45) is 41.1 Å². The van der Waals surface area contributed by atoms with E-state index < -0.39 is 23.3 Å². The van der Waals surface area contributed by atoms with E-state index >= 15 is 8.78 Å². The van der Waals surface area contributed by atoms with Crippen LogP contribution in [-0.2, 0) is 52.8 Å². The van der Waals surface area contributed by atoms with Crippen LogP contribution in [0.3, 0.4) is 0 Å². The third kappa shape index (κ3) is 25.6. The minimum Gasteiger partial charge on any atom is -0.507 e. The van der Waals surface area contributed by atoms with E-state index in [1.54, 1.807) is 177 Å². The van der Waals surface area contributed by atoms with Gasteiger partial charge in [-0.15, -0.1) is 0 Å². The third-order valence-electron chi connectivity index (χ3n) is 14.8. The van der Waals surface area contributed by atoms with Crippen LogP contribution in [0.15, 0.2) is 236 Å². The molecule has 0 aliphatic carbocycles. The molecule has 0 saturated heterocycles. The van der Waals surface area contributed by atoms with E-state index in [1.807, 2.05) is 0 Å². The average molecular weight is 1800 g/mol. The molecule has 632 valence electrons. The van der Waals surface area contributed by atoms with Crippen molar-refractivity contribution in [3.63, 3.8) is 0 Å². The number of nitrogens with zero attached hydrogens (tertiary/aromatic N) is 16. The van der Waals surface area contributed by atoms with Crippen molar-refractivity contribution in [3.8, 4) is 69.6 Å². The molecule has 0 spiro atoms. The van der Waals surface area contributed by atoms with Crippen LogP contribution < -0.4 is 23.7 Å². The van der Waals surface area contributed by atoms with Gasteiger partial charge in [-0.1, -0.05) is 170 Å². The highest BCUT2D eigenvalue weighted by Crippen LogP contribution is 2.38. The molecule has 44 heteroatoms. The molecule has 122 heavy (non-hydrogen) atoms. The van der Waals surface area contributed by atoms with Gasteiger partial charge in [-0.2, -0.15) is 38.1 Å². The number of aliphatic imine (C=N–C) groups is 1. The smallest absolute Gasteiger partial charge is 0.280 e. The number of aromatic hydroxyl groups is 2. The minimum atomic E-state index is -0.915. The Morgan fingerprint density at radius 1 is 0.311 bits per heavy atom. The highest BCUT2D eigenvalue weighted by molar-refractivity contribution is 6.48. The van der Waals surface area contributed by atoms with Crippen molar-refractivity contribution in [1.29, 1.82) is 0 Å². The molecule has 4 aromatic heterocycles. The lowest BCUT2D eigenvalue weighted by Gasteiger charge is -2.17. The molecule has 0 bridgehead atoms. The molecule has 0 unspecified atom stereocenters. The first kappa shape index (κ1) is 90.4. The Morgan fingerprint density at radius 3 is 0.893 bits per heavy atom. The summed E-state index contributed by atoms with van der Waals surface area (Å²) >= 11 is 33.7. The molecule has 0 saturated carbocycles. The third-order valence-corrected chi connectivity index (χ3v) is 16.6. The summed E-state index contributed by atoms with van der Waals surface area (Å²) < 4.78 is 106. The van der Waals surface area contributed by atoms with Crippen LogP contribution in [0.5, 0.6) is 69.6 Å². The van der Waals surface area contributed by atoms with E-state index in [0.717, 1.165) is 25.3 Å². The Hall–Kier alpha value is -13.9. The summed E-state index contributed by atoms with van der Waals surface area (Å²) in [6, 6.07) is 46.9. The van der Waals surface area contributed by atoms with Crippen LogP contribution in [0.4, 0.5) is 17.6 Å². The highest BCUT2D eigenvalue weighted by Gasteiger charge is 2.29. The number of aromatic nitrogens is 8. The van der Waals surface area contributed by atoms with Crippen molar-refractivity contribution in [2.75, 3.05) is 81.2 Å². The normalized spacial score (nSPS) is 13.4. The van der Waals surface area contributed by atoms with Gasteiger partial charge in [-0.3, -0.25) is 4.99 Å². The number of halogens is 10. The summed E-state index contributed by atoms with van der Waals surface area (Å²) in [6.07, 6.45) is 4.42. The predicted molar refractivity (Wildman–Crippen MR) is 437 cm³/mol. The molecule has 4 aliphatic heterocycles. The zero-order valence-corrected chi connectivity index (χ0v) is 68.0. The largest absolute Gasteiger partial charge is 0.507 e. The Bertz CT molecular complexity index is 5620. The summed E-state index contributed by atoms with van der Waals surface area (Å²) in [5.41, 5.74) is 2.93. The topological polar surface area (TPSA) is 390 Å². The maximum atomic E-state index is 15.1. The van der Waals surface area contributed by atoms with E-state index in [4.69, 9.17) is 151 Å². The monoisotopic (exact) mass is 1800 g/mol. The van der Waals surface area contributed by atoms with Crippen molar-refractivity contribution < 1.29 is 104 Å². The fourth-order valence-corrected chi connectivity index (χ4v) is 10.5. The van der Waals surface area contributed by atoms with Crippen molar-refractivity contribution >= 4 is 116 Å². The second kappa shape index (κ2) is 47.0. The van der Waals surface area contributed by atoms with Gasteiger partial charge in [0.05, 0.1) is 31.8 Å². The van der Waals surface area contributed by atoms with Gasteiger partial charge in [0.1, 0.15) is 119 Å². The fraction of sp³-hybridized carbons (Fsp3) is 0.154. The molecule has 2 N–H and O–H groups in total. The molecule has 0 radical (unpaired) electrons. The van der Waals surface area contributed by atoms with Crippen LogP contribution in [0.2, 0.25) is 30.5 Å². The zero-order valence-electron chi connectivity index (χ0n) is 63.5. The molecular weight excluding hydrogens is 1740 g/mol. The van der Waals surface area contributed by atoms with Crippen LogP contribution >= 0.6 is 69.6 Å². The van der Waals surface area contributed by atoms with E-state index in [9.17, 15) is 13.9 Å². The van der Waals surface area contributed by atoms with Crippen molar-refractivity contribution in [3.05, 3.63) is 271 Å². The van der Waals surface area contributed by atoms with Gasteiger partial charge >= 0.3 is 0 Å². The quantitative estimate of drug-likeness (QED) is 0.0292. The lowest BCUT2D eigenvalue weighted by Crippen LogP contribution is -2.25. The minimum absolute atomic E-state index is 0.0696. The number of hydrogen-bond donors (Lipinski definition) is 2. The Balaban J connectivity index is 0.000000162. The molecule has 0 atom stereocenters. The predicted octanol–water partition coefficient (Wildman–Crippen LogP) is 17.0. The molecule has 7 aromatic carbocycles. The van der Waals surface area contributed by atoms with Crippen LogP contribution in [0, 0.1) is 23.3 Å². The summed E-state index contributed by atoms with van der Waals surface area (Å²) in [4.78, 5) is 68.2. The molecule has 4 aliphatic rings. The van der Waals surface area contributed by atoms with E-state index in [-0.39, 0.29) is 127 Å². The lowest BCUT2D eigenvalue weighted by molar-refractivity contribution is 0.0672. The molecule has 15 rings (SSSR count). The molecule has 0 fully saturated rings. The zero-order chi connectivity index (χ0) is 86.5. The lowest BCUT2D eigenvalue weighted by atomic mass is 10.1. The Labute approximate surface area is 719 Å². The van der Waals surface area contributed by atoms with E-state index in [0.29, 0.717) is 95.0 Å². The first-order valence-electron chi connectivity index (χ1n) is 34.9. The molecule has 0 amide bonds. The number of benzene rings is 7. The second-order valence-corrected chi connectivity index (χ2v) is 25.0. The van der Waals surface area contributed by atoms with Gasteiger partial charge in [-0.25, -0.2) is 19.3 Å². The van der Waals surface area contributed by atoms with Gasteiger partial charge in [0.15, 0.2) is 64.8 Å². The van der Waals surface area contributed by atoms with Gasteiger partial charge in [0, 0.05) is 12.6 Å². The number of oxime groups is 7. The summed E-state index contributed by atoms with van der Waals surface area (Å²) in [5, 5.41) is 45.7. The summed E-state index contributed by atoms with van der Waals surface area (Å²) in [6.45, 7) is 2.69. The van der Waals surface area contributed by atoms with Crippen LogP contribution in [0.1, 0.15) is 22.3 Å². The molecule has 8 heterocycles. The SMILES string of the molecule is CN=C(C1=NOCCO1)c1ccccc1Oc1ncnc(Oc2ccccc2Cl)c1F.CO/N=C(\C1=NOCCO1)c1ccccc1O.CO/N=C(\C1=NOCCO1)c1ccccc1Oc1ncnc(Cl)c1F.CO/N=C(\C1=NOCCO1)c1ccccc1Oc1ncnc(Oc2ccccc2Cl)c1F.Fc1c(Cl)ncnc1Cl.Oc1ccccc1Cl.